The van der Waals surface area contributed by atoms with Gasteiger partial charge in [-0.15, -0.1) is 0 Å². The molecule has 0 aliphatic carbocycles. The molecule has 0 unspecified atom stereocenters. The van der Waals surface area contributed by atoms with Gasteiger partial charge in [-0.05, 0) is 18.1 Å². The molecule has 1 aromatic rings. The Bertz CT molecular complexity index is 606. The molecule has 0 fully saturated rings. The van der Waals surface area contributed by atoms with E-state index in [0.29, 0.717) is 17.7 Å². The molecule has 20 heavy (non-hydrogen) atoms. The van der Waals surface area contributed by atoms with Gasteiger partial charge >= 0.3 is 0 Å². The molecule has 0 saturated carbocycles. The molecule has 108 valence electrons. The molecular formula is C13H17N3O3S. The summed E-state index contributed by atoms with van der Waals surface area (Å²) in [6.45, 7) is 2.12. The van der Waals surface area contributed by atoms with E-state index in [4.69, 9.17) is 5.26 Å². The van der Waals surface area contributed by atoms with Crippen molar-refractivity contribution in [1.82, 2.24) is 10.0 Å². The molecule has 0 saturated heterocycles. The van der Waals surface area contributed by atoms with Crippen LogP contribution >= 0.6 is 0 Å². The van der Waals surface area contributed by atoms with E-state index in [0.717, 1.165) is 6.42 Å². The maximum absolute atomic E-state index is 11.8. The highest BCUT2D eigenvalue weighted by molar-refractivity contribution is 7.88. The first-order chi connectivity index (χ1) is 9.48. The van der Waals surface area contributed by atoms with Crippen molar-refractivity contribution in [1.29, 1.82) is 5.26 Å². The quantitative estimate of drug-likeness (QED) is 0.765. The molecule has 0 radical (unpaired) electrons. The molecule has 1 rings (SSSR count). The molecule has 2 N–H and O–H groups in total. The summed E-state index contributed by atoms with van der Waals surface area (Å²) in [5.41, 5.74) is 0.727. The van der Waals surface area contributed by atoms with Gasteiger partial charge in [0.2, 0.25) is 15.9 Å². The van der Waals surface area contributed by atoms with Crippen LogP contribution in [0.2, 0.25) is 0 Å². The summed E-state index contributed by atoms with van der Waals surface area (Å²) in [5, 5.41) is 11.5. The third kappa shape index (κ3) is 5.38. The van der Waals surface area contributed by atoms with Crippen molar-refractivity contribution in [2.24, 2.45) is 0 Å². The highest BCUT2D eigenvalue weighted by Gasteiger charge is 2.15. The van der Waals surface area contributed by atoms with E-state index in [2.05, 4.69) is 10.0 Å². The Labute approximate surface area is 118 Å². The van der Waals surface area contributed by atoms with E-state index in [1.165, 1.54) is 0 Å². The SMILES string of the molecule is CCCNC(=O)CNS(=O)(=O)Cc1ccccc1C#N. The van der Waals surface area contributed by atoms with Crippen LogP contribution in [0.25, 0.3) is 0 Å². The number of carbonyl (C=O) groups excluding carboxylic acids is 1. The molecule has 0 aliphatic heterocycles. The van der Waals surface area contributed by atoms with Crippen LogP contribution in [0.4, 0.5) is 0 Å². The van der Waals surface area contributed by atoms with Crippen molar-refractivity contribution < 1.29 is 13.2 Å². The minimum Gasteiger partial charge on any atom is -0.355 e. The van der Waals surface area contributed by atoms with E-state index >= 15 is 0 Å². The number of nitrogens with one attached hydrogen (secondary N) is 2. The highest BCUT2D eigenvalue weighted by atomic mass is 32.2. The average Bonchev–Trinajstić information content (AvgIpc) is 2.43. The summed E-state index contributed by atoms with van der Waals surface area (Å²) in [6, 6.07) is 8.41. The standard InChI is InChI=1S/C13H17N3O3S/c1-2-7-15-13(17)9-16-20(18,19)10-12-6-4-3-5-11(12)8-14/h3-6,16H,2,7,9-10H2,1H3,(H,15,17). The molecule has 0 spiro atoms. The third-order valence-electron chi connectivity index (χ3n) is 2.51. The predicted octanol–water partition coefficient (Wildman–Crippen LogP) is 0.504. The number of nitrogens with zero attached hydrogens (tertiary/aromatic N) is 1. The second-order valence-electron chi connectivity index (χ2n) is 4.20. The average molecular weight is 295 g/mol. The molecule has 1 aromatic carbocycles. The second kappa shape index (κ2) is 7.62. The molecule has 7 heteroatoms. The maximum Gasteiger partial charge on any atom is 0.235 e. The summed E-state index contributed by atoms with van der Waals surface area (Å²) in [4.78, 5) is 11.3. The first kappa shape index (κ1) is 16.1. The van der Waals surface area contributed by atoms with Crippen LogP contribution in [0.5, 0.6) is 0 Å². The smallest absolute Gasteiger partial charge is 0.235 e. The zero-order valence-electron chi connectivity index (χ0n) is 11.2. The van der Waals surface area contributed by atoms with Crippen LogP contribution in [-0.2, 0) is 20.6 Å². The van der Waals surface area contributed by atoms with Gasteiger partial charge in [-0.1, -0.05) is 25.1 Å². The minimum atomic E-state index is -3.65. The lowest BCUT2D eigenvalue weighted by molar-refractivity contribution is -0.119. The zero-order valence-corrected chi connectivity index (χ0v) is 12.0. The van der Waals surface area contributed by atoms with Gasteiger partial charge in [-0.2, -0.15) is 5.26 Å². The van der Waals surface area contributed by atoms with Gasteiger partial charge in [0.15, 0.2) is 0 Å². The van der Waals surface area contributed by atoms with E-state index in [-0.39, 0.29) is 18.2 Å². The fourth-order valence-electron chi connectivity index (χ4n) is 1.51. The number of carbonyl (C=O) groups is 1. The van der Waals surface area contributed by atoms with Crippen LogP contribution in [0.3, 0.4) is 0 Å². The molecule has 0 aromatic heterocycles. The minimum absolute atomic E-state index is 0.295. The van der Waals surface area contributed by atoms with Crippen molar-refractivity contribution in [2.75, 3.05) is 13.1 Å². The lowest BCUT2D eigenvalue weighted by Crippen LogP contribution is -2.37. The number of benzene rings is 1. The van der Waals surface area contributed by atoms with Crippen molar-refractivity contribution in [3.05, 3.63) is 35.4 Å². The largest absolute Gasteiger partial charge is 0.355 e. The first-order valence-corrected chi connectivity index (χ1v) is 7.85. The van der Waals surface area contributed by atoms with Gasteiger partial charge in [-0.3, -0.25) is 4.79 Å². The Kier molecular flexibility index (Phi) is 6.15. The zero-order chi connectivity index (χ0) is 15.0. The van der Waals surface area contributed by atoms with Crippen molar-refractivity contribution >= 4 is 15.9 Å². The number of sulfonamides is 1. The molecule has 6 nitrogen and oxygen atoms in total. The van der Waals surface area contributed by atoms with Crippen LogP contribution in [0.1, 0.15) is 24.5 Å². The Morgan fingerprint density at radius 1 is 1.35 bits per heavy atom. The lowest BCUT2D eigenvalue weighted by Gasteiger charge is -2.08. The maximum atomic E-state index is 11.8. The summed E-state index contributed by atoms with van der Waals surface area (Å²) in [5.74, 6) is -0.693. The van der Waals surface area contributed by atoms with Crippen molar-refractivity contribution in [3.8, 4) is 6.07 Å². The molecule has 0 atom stereocenters. The van der Waals surface area contributed by atoms with Crippen LogP contribution < -0.4 is 10.0 Å². The molecular weight excluding hydrogens is 278 g/mol. The Balaban J connectivity index is 2.62. The van der Waals surface area contributed by atoms with Crippen molar-refractivity contribution in [3.63, 3.8) is 0 Å². The van der Waals surface area contributed by atoms with E-state index < -0.39 is 10.0 Å². The van der Waals surface area contributed by atoms with Crippen LogP contribution in [-0.4, -0.2) is 27.4 Å². The lowest BCUT2D eigenvalue weighted by atomic mass is 10.1. The summed E-state index contributed by atoms with van der Waals surface area (Å²) in [7, 11) is -3.65. The Morgan fingerprint density at radius 3 is 2.70 bits per heavy atom. The van der Waals surface area contributed by atoms with Gasteiger partial charge in [0.05, 0.1) is 23.9 Å². The van der Waals surface area contributed by atoms with Crippen LogP contribution in [0.15, 0.2) is 24.3 Å². The Hall–Kier alpha value is -1.91. The second-order valence-corrected chi connectivity index (χ2v) is 6.01. The number of hydrogen-bond donors (Lipinski definition) is 2. The topological polar surface area (TPSA) is 99.1 Å². The number of nitriles is 1. The predicted molar refractivity (Wildman–Crippen MR) is 75.1 cm³/mol. The summed E-state index contributed by atoms with van der Waals surface area (Å²) < 4.78 is 25.9. The highest BCUT2D eigenvalue weighted by Crippen LogP contribution is 2.10. The van der Waals surface area contributed by atoms with E-state index in [1.807, 2.05) is 13.0 Å². The summed E-state index contributed by atoms with van der Waals surface area (Å²) >= 11 is 0. The van der Waals surface area contributed by atoms with E-state index in [1.54, 1.807) is 24.3 Å². The van der Waals surface area contributed by atoms with E-state index in [9.17, 15) is 13.2 Å². The number of rotatable bonds is 7. The molecule has 0 aliphatic rings. The normalized spacial score (nSPS) is 10.8. The fourth-order valence-corrected chi connectivity index (χ4v) is 2.63. The van der Waals surface area contributed by atoms with Gasteiger partial charge < -0.3 is 5.32 Å². The number of amides is 1. The van der Waals surface area contributed by atoms with Gasteiger partial charge in [0, 0.05) is 6.54 Å². The van der Waals surface area contributed by atoms with Gasteiger partial charge in [0.1, 0.15) is 0 Å². The number of hydrogen-bond acceptors (Lipinski definition) is 4. The van der Waals surface area contributed by atoms with Crippen molar-refractivity contribution in [2.45, 2.75) is 19.1 Å². The monoisotopic (exact) mass is 295 g/mol. The fraction of sp³-hybridized carbons (Fsp3) is 0.385. The van der Waals surface area contributed by atoms with Crippen LogP contribution in [0, 0.1) is 11.3 Å². The molecule has 1 amide bonds. The van der Waals surface area contributed by atoms with Gasteiger partial charge in [0.25, 0.3) is 0 Å². The third-order valence-corrected chi connectivity index (χ3v) is 3.78. The Morgan fingerprint density at radius 2 is 2.05 bits per heavy atom. The molecule has 0 heterocycles. The molecule has 0 bridgehead atoms. The van der Waals surface area contributed by atoms with Gasteiger partial charge in [-0.25, -0.2) is 13.1 Å². The first-order valence-electron chi connectivity index (χ1n) is 6.20. The summed E-state index contributed by atoms with van der Waals surface area (Å²) in [6.07, 6.45) is 0.786.